The number of sulfonamides is 1. The van der Waals surface area contributed by atoms with Gasteiger partial charge in [-0.05, 0) is 25.8 Å². The Labute approximate surface area is 90.7 Å². The number of hydrogen-bond acceptors (Lipinski definition) is 4. The number of amides is 1. The van der Waals surface area contributed by atoms with Crippen molar-refractivity contribution < 1.29 is 13.2 Å². The lowest BCUT2D eigenvalue weighted by Crippen LogP contribution is -2.51. The summed E-state index contributed by atoms with van der Waals surface area (Å²) in [7, 11) is -3.45. The van der Waals surface area contributed by atoms with E-state index in [1.54, 1.807) is 0 Å². The topological polar surface area (TPSA) is 75.3 Å². The van der Waals surface area contributed by atoms with Crippen molar-refractivity contribution in [2.75, 3.05) is 19.3 Å². The second-order valence-corrected chi connectivity index (χ2v) is 5.87. The molecule has 1 fully saturated rings. The molecule has 1 aliphatic rings. The third-order valence-corrected chi connectivity index (χ3v) is 3.46. The fraction of sp³-hybridized carbons (Fsp3) is 0.889. The van der Waals surface area contributed by atoms with E-state index in [-0.39, 0.29) is 5.91 Å². The molecule has 0 radical (unpaired) electrons. The molecule has 2 N–H and O–H groups in total. The van der Waals surface area contributed by atoms with Gasteiger partial charge in [-0.25, -0.2) is 8.42 Å². The first kappa shape index (κ1) is 12.4. The Kier molecular flexibility index (Phi) is 3.72. The van der Waals surface area contributed by atoms with Gasteiger partial charge in [0.1, 0.15) is 0 Å². The molecule has 15 heavy (non-hydrogen) atoms. The first-order valence-corrected chi connectivity index (χ1v) is 7.02. The summed E-state index contributed by atoms with van der Waals surface area (Å²) in [5, 5.41) is 3.14. The maximum atomic E-state index is 11.8. The molecule has 0 saturated carbocycles. The molecule has 1 atom stereocenters. The third kappa shape index (κ3) is 3.17. The summed E-state index contributed by atoms with van der Waals surface area (Å²) in [6, 6.07) is 0. The second-order valence-electron chi connectivity index (χ2n) is 4.12. The van der Waals surface area contributed by atoms with Crippen molar-refractivity contribution in [1.29, 1.82) is 0 Å². The molecule has 1 aliphatic heterocycles. The van der Waals surface area contributed by atoms with Gasteiger partial charge in [-0.3, -0.25) is 9.52 Å². The molecular weight excluding hydrogens is 216 g/mol. The number of rotatable bonds is 3. The van der Waals surface area contributed by atoms with Crippen molar-refractivity contribution in [3.05, 3.63) is 0 Å². The van der Waals surface area contributed by atoms with Crippen LogP contribution in [0.5, 0.6) is 0 Å². The fourth-order valence-electron chi connectivity index (χ4n) is 1.90. The van der Waals surface area contributed by atoms with Crippen molar-refractivity contribution in [2.45, 2.75) is 26.2 Å². The Hall–Kier alpha value is -0.620. The number of carbonyl (C=O) groups is 1. The van der Waals surface area contributed by atoms with Gasteiger partial charge in [-0.15, -0.1) is 0 Å². The molecule has 1 unspecified atom stereocenters. The van der Waals surface area contributed by atoms with E-state index in [0.29, 0.717) is 13.0 Å². The Morgan fingerprint density at radius 1 is 1.53 bits per heavy atom. The SMILES string of the molecule is CCC1(C(=O)NS(C)(=O)=O)CCCNC1. The minimum absolute atomic E-state index is 0.375. The van der Waals surface area contributed by atoms with Crippen LogP contribution in [0.1, 0.15) is 26.2 Å². The summed E-state index contributed by atoms with van der Waals surface area (Å²) in [5.74, 6) is -0.375. The maximum absolute atomic E-state index is 11.8. The molecule has 1 heterocycles. The lowest BCUT2D eigenvalue weighted by atomic mass is 9.78. The number of piperidine rings is 1. The highest BCUT2D eigenvalue weighted by atomic mass is 32.2. The Balaban J connectivity index is 2.77. The summed E-state index contributed by atoms with van der Waals surface area (Å²) >= 11 is 0. The van der Waals surface area contributed by atoms with Gasteiger partial charge >= 0.3 is 0 Å². The lowest BCUT2D eigenvalue weighted by molar-refractivity contribution is -0.130. The molecule has 0 bridgehead atoms. The van der Waals surface area contributed by atoms with Gasteiger partial charge in [0.05, 0.1) is 11.7 Å². The van der Waals surface area contributed by atoms with E-state index in [9.17, 15) is 13.2 Å². The molecule has 1 saturated heterocycles. The Morgan fingerprint density at radius 3 is 2.60 bits per heavy atom. The summed E-state index contributed by atoms with van der Waals surface area (Å²) in [4.78, 5) is 11.8. The molecule has 1 rings (SSSR count). The van der Waals surface area contributed by atoms with Gasteiger partial charge < -0.3 is 5.32 Å². The molecule has 88 valence electrons. The lowest BCUT2D eigenvalue weighted by Gasteiger charge is -2.34. The number of nitrogens with one attached hydrogen (secondary N) is 2. The minimum atomic E-state index is -3.45. The highest BCUT2D eigenvalue weighted by Gasteiger charge is 2.38. The van der Waals surface area contributed by atoms with Crippen molar-refractivity contribution in [3.8, 4) is 0 Å². The van der Waals surface area contributed by atoms with Crippen molar-refractivity contribution in [1.82, 2.24) is 10.0 Å². The van der Waals surface area contributed by atoms with Gasteiger partial charge in [0.2, 0.25) is 15.9 Å². The van der Waals surface area contributed by atoms with E-state index in [1.165, 1.54) is 0 Å². The second kappa shape index (κ2) is 4.49. The standard InChI is InChI=1S/C9H18N2O3S/c1-3-9(5-4-6-10-7-9)8(12)11-15(2,13)14/h10H,3-7H2,1-2H3,(H,11,12). The van der Waals surface area contributed by atoms with Crippen molar-refractivity contribution in [2.24, 2.45) is 5.41 Å². The van der Waals surface area contributed by atoms with E-state index < -0.39 is 15.4 Å². The van der Waals surface area contributed by atoms with Gasteiger partial charge in [0, 0.05) is 6.54 Å². The fourth-order valence-corrected chi connectivity index (χ4v) is 2.45. The Morgan fingerprint density at radius 2 is 2.20 bits per heavy atom. The van der Waals surface area contributed by atoms with E-state index in [4.69, 9.17) is 0 Å². The summed E-state index contributed by atoms with van der Waals surface area (Å²) in [5.41, 5.74) is -0.554. The molecule has 0 aromatic heterocycles. The van der Waals surface area contributed by atoms with Gasteiger partial charge in [0.25, 0.3) is 0 Å². The molecule has 0 aliphatic carbocycles. The smallest absolute Gasteiger partial charge is 0.240 e. The van der Waals surface area contributed by atoms with Gasteiger partial charge in [0.15, 0.2) is 0 Å². The summed E-state index contributed by atoms with van der Waals surface area (Å²) < 4.78 is 24.1. The summed E-state index contributed by atoms with van der Waals surface area (Å²) in [6.45, 7) is 3.37. The van der Waals surface area contributed by atoms with E-state index >= 15 is 0 Å². The first-order chi connectivity index (χ1) is 6.90. The zero-order valence-corrected chi connectivity index (χ0v) is 9.99. The van der Waals surface area contributed by atoms with E-state index in [2.05, 4.69) is 10.0 Å². The van der Waals surface area contributed by atoms with Crippen LogP contribution in [-0.4, -0.2) is 33.7 Å². The van der Waals surface area contributed by atoms with Crippen LogP contribution in [0.4, 0.5) is 0 Å². The quantitative estimate of drug-likeness (QED) is 0.711. The molecular formula is C9H18N2O3S. The normalized spacial score (nSPS) is 27.3. The van der Waals surface area contributed by atoms with Crippen LogP contribution in [0.2, 0.25) is 0 Å². The predicted molar refractivity (Wildman–Crippen MR) is 57.8 cm³/mol. The largest absolute Gasteiger partial charge is 0.316 e. The van der Waals surface area contributed by atoms with Crippen molar-refractivity contribution in [3.63, 3.8) is 0 Å². The van der Waals surface area contributed by atoms with Gasteiger partial charge in [-0.1, -0.05) is 6.92 Å². The van der Waals surface area contributed by atoms with Gasteiger partial charge in [-0.2, -0.15) is 0 Å². The molecule has 5 nitrogen and oxygen atoms in total. The van der Waals surface area contributed by atoms with Crippen LogP contribution < -0.4 is 10.0 Å². The zero-order valence-electron chi connectivity index (χ0n) is 9.17. The maximum Gasteiger partial charge on any atom is 0.240 e. The zero-order chi connectivity index (χ0) is 11.5. The number of carbonyl (C=O) groups excluding carboxylic acids is 1. The van der Waals surface area contributed by atoms with E-state index in [0.717, 1.165) is 25.6 Å². The van der Waals surface area contributed by atoms with Crippen LogP contribution in [0, 0.1) is 5.41 Å². The molecule has 1 amide bonds. The van der Waals surface area contributed by atoms with Crippen molar-refractivity contribution >= 4 is 15.9 Å². The summed E-state index contributed by atoms with van der Waals surface area (Å²) in [6.07, 6.45) is 3.31. The molecule has 0 aromatic carbocycles. The van der Waals surface area contributed by atoms with E-state index in [1.807, 2.05) is 6.92 Å². The van der Waals surface area contributed by atoms with Crippen LogP contribution >= 0.6 is 0 Å². The Bertz CT molecular complexity index is 331. The average molecular weight is 234 g/mol. The third-order valence-electron chi connectivity index (χ3n) is 2.91. The van der Waals surface area contributed by atoms with Crippen LogP contribution in [0.3, 0.4) is 0 Å². The molecule has 0 aromatic rings. The van der Waals surface area contributed by atoms with Crippen LogP contribution in [0.25, 0.3) is 0 Å². The predicted octanol–water partition coefficient (Wildman–Crippen LogP) is -0.158. The van der Waals surface area contributed by atoms with Crippen LogP contribution in [-0.2, 0) is 14.8 Å². The number of hydrogen-bond donors (Lipinski definition) is 2. The molecule has 6 heteroatoms. The minimum Gasteiger partial charge on any atom is -0.316 e. The highest BCUT2D eigenvalue weighted by molar-refractivity contribution is 7.89. The average Bonchev–Trinajstić information content (AvgIpc) is 2.16. The molecule has 0 spiro atoms. The monoisotopic (exact) mass is 234 g/mol. The highest BCUT2D eigenvalue weighted by Crippen LogP contribution is 2.30. The first-order valence-electron chi connectivity index (χ1n) is 5.12. The van der Waals surface area contributed by atoms with Crippen LogP contribution in [0.15, 0.2) is 0 Å².